The first kappa shape index (κ1) is 9.40. The summed E-state index contributed by atoms with van der Waals surface area (Å²) in [5.41, 5.74) is 0. The summed E-state index contributed by atoms with van der Waals surface area (Å²) in [6.07, 6.45) is 3.75. The van der Waals surface area contributed by atoms with Crippen molar-refractivity contribution in [3.63, 3.8) is 0 Å². The van der Waals surface area contributed by atoms with Crippen LogP contribution in [0.5, 0.6) is 0 Å². The van der Waals surface area contributed by atoms with E-state index in [1.165, 1.54) is 24.3 Å². The van der Waals surface area contributed by atoms with Gasteiger partial charge in [-0.15, -0.1) is 0 Å². The van der Waals surface area contributed by atoms with Crippen LogP contribution in [0.2, 0.25) is 0 Å². The highest BCUT2D eigenvalue weighted by molar-refractivity contribution is 7.99. The maximum atomic E-state index is 8.76. The molecule has 1 fully saturated rings. The zero-order valence-corrected chi connectivity index (χ0v) is 8.07. The van der Waals surface area contributed by atoms with Crippen LogP contribution in [0.1, 0.15) is 26.2 Å². The third kappa shape index (κ3) is 3.04. The molecule has 1 N–H and O–H groups in total. The van der Waals surface area contributed by atoms with Crippen molar-refractivity contribution in [1.82, 2.24) is 0 Å². The van der Waals surface area contributed by atoms with Crippen LogP contribution < -0.4 is 0 Å². The molecule has 1 aliphatic rings. The quantitative estimate of drug-likeness (QED) is 0.707. The maximum absolute atomic E-state index is 8.76. The lowest BCUT2D eigenvalue weighted by Gasteiger charge is -2.26. The molecule has 0 aliphatic carbocycles. The minimum Gasteiger partial charge on any atom is -0.396 e. The minimum atomic E-state index is 0.363. The molecule has 1 rings (SSSR count). The van der Waals surface area contributed by atoms with Crippen molar-refractivity contribution in [3.05, 3.63) is 0 Å². The summed E-state index contributed by atoms with van der Waals surface area (Å²) in [4.78, 5) is 0. The van der Waals surface area contributed by atoms with E-state index in [9.17, 15) is 0 Å². The predicted molar refractivity (Wildman–Crippen MR) is 50.9 cm³/mol. The van der Waals surface area contributed by atoms with E-state index in [1.54, 1.807) is 0 Å². The zero-order valence-electron chi connectivity index (χ0n) is 7.25. The lowest BCUT2D eigenvalue weighted by atomic mass is 9.89. The van der Waals surface area contributed by atoms with Crippen molar-refractivity contribution in [2.45, 2.75) is 26.2 Å². The fourth-order valence-corrected chi connectivity index (χ4v) is 2.99. The molecule has 1 saturated heterocycles. The molecule has 1 aliphatic heterocycles. The summed E-state index contributed by atoms with van der Waals surface area (Å²) in [6, 6.07) is 0. The molecule has 0 amide bonds. The van der Waals surface area contributed by atoms with Crippen molar-refractivity contribution in [2.75, 3.05) is 18.1 Å². The molecule has 1 nitrogen and oxygen atoms in total. The average molecular weight is 174 g/mol. The fraction of sp³-hybridized carbons (Fsp3) is 1.00. The monoisotopic (exact) mass is 174 g/mol. The molecular formula is C9H18OS. The molecule has 1 heterocycles. The molecule has 0 spiro atoms. The van der Waals surface area contributed by atoms with Gasteiger partial charge in [0.15, 0.2) is 0 Å². The Morgan fingerprint density at radius 1 is 1.64 bits per heavy atom. The number of thioether (sulfide) groups is 1. The lowest BCUT2D eigenvalue weighted by molar-refractivity contribution is 0.231. The molecule has 66 valence electrons. The van der Waals surface area contributed by atoms with Crippen LogP contribution in [0.4, 0.5) is 0 Å². The van der Waals surface area contributed by atoms with Gasteiger partial charge in [0.1, 0.15) is 0 Å². The largest absolute Gasteiger partial charge is 0.396 e. The summed E-state index contributed by atoms with van der Waals surface area (Å²) in [5, 5.41) is 8.76. The molecule has 2 heteroatoms. The van der Waals surface area contributed by atoms with Crippen molar-refractivity contribution >= 4 is 11.8 Å². The van der Waals surface area contributed by atoms with Gasteiger partial charge in [0.05, 0.1) is 0 Å². The number of aliphatic hydroxyl groups is 1. The Bertz CT molecular complexity index is 99.7. The summed E-state index contributed by atoms with van der Waals surface area (Å²) < 4.78 is 0. The smallest absolute Gasteiger partial charge is 0.0433 e. The number of hydrogen-bond donors (Lipinski definition) is 1. The lowest BCUT2D eigenvalue weighted by Crippen LogP contribution is -2.19. The van der Waals surface area contributed by atoms with E-state index in [4.69, 9.17) is 5.11 Å². The molecular weight excluding hydrogens is 156 g/mol. The first-order valence-electron chi connectivity index (χ1n) is 4.53. The molecule has 2 unspecified atom stereocenters. The Morgan fingerprint density at radius 2 is 2.45 bits per heavy atom. The zero-order chi connectivity index (χ0) is 8.10. The van der Waals surface area contributed by atoms with Crippen LogP contribution in [-0.4, -0.2) is 23.2 Å². The molecule has 2 atom stereocenters. The summed E-state index contributed by atoms with van der Waals surface area (Å²) in [7, 11) is 0. The third-order valence-electron chi connectivity index (χ3n) is 2.58. The van der Waals surface area contributed by atoms with Crippen molar-refractivity contribution in [1.29, 1.82) is 0 Å². The number of rotatable bonds is 3. The predicted octanol–water partition coefficient (Wildman–Crippen LogP) is 2.15. The van der Waals surface area contributed by atoms with Gasteiger partial charge in [-0.2, -0.15) is 11.8 Å². The van der Waals surface area contributed by atoms with E-state index < -0.39 is 0 Å². The second-order valence-electron chi connectivity index (χ2n) is 3.47. The van der Waals surface area contributed by atoms with Gasteiger partial charge in [0.25, 0.3) is 0 Å². The summed E-state index contributed by atoms with van der Waals surface area (Å²) in [5.74, 6) is 4.28. The molecule has 11 heavy (non-hydrogen) atoms. The van der Waals surface area contributed by atoms with E-state index in [1.807, 2.05) is 0 Å². The van der Waals surface area contributed by atoms with Crippen molar-refractivity contribution in [3.8, 4) is 0 Å². The minimum absolute atomic E-state index is 0.363. The Hall–Kier alpha value is 0.310. The Morgan fingerprint density at radius 3 is 3.00 bits per heavy atom. The number of hydrogen-bond acceptors (Lipinski definition) is 2. The second-order valence-corrected chi connectivity index (χ2v) is 4.62. The van der Waals surface area contributed by atoms with Gasteiger partial charge in [-0.1, -0.05) is 6.92 Å². The Balaban J connectivity index is 2.21. The highest BCUT2D eigenvalue weighted by Crippen LogP contribution is 2.29. The molecule has 0 radical (unpaired) electrons. The van der Waals surface area contributed by atoms with Gasteiger partial charge < -0.3 is 5.11 Å². The van der Waals surface area contributed by atoms with Crippen molar-refractivity contribution in [2.24, 2.45) is 11.8 Å². The van der Waals surface area contributed by atoms with E-state index in [0.717, 1.165) is 18.3 Å². The maximum Gasteiger partial charge on any atom is 0.0433 e. The average Bonchev–Trinajstić information content (AvgIpc) is 2.07. The summed E-state index contributed by atoms with van der Waals surface area (Å²) >= 11 is 2.08. The van der Waals surface area contributed by atoms with Gasteiger partial charge in [-0.25, -0.2) is 0 Å². The normalized spacial score (nSPS) is 28.4. The van der Waals surface area contributed by atoms with E-state index >= 15 is 0 Å². The highest BCUT2D eigenvalue weighted by atomic mass is 32.2. The molecule has 0 saturated carbocycles. The highest BCUT2D eigenvalue weighted by Gasteiger charge is 2.19. The molecule has 0 aromatic heterocycles. The van der Waals surface area contributed by atoms with E-state index in [-0.39, 0.29) is 0 Å². The molecule has 0 aromatic rings. The van der Waals surface area contributed by atoms with Gasteiger partial charge in [0, 0.05) is 6.61 Å². The van der Waals surface area contributed by atoms with Crippen LogP contribution >= 0.6 is 11.8 Å². The summed E-state index contributed by atoms with van der Waals surface area (Å²) in [6.45, 7) is 2.63. The first-order valence-corrected chi connectivity index (χ1v) is 5.68. The molecule has 0 aromatic carbocycles. The standard InChI is InChI=1S/C9H18OS/c1-8(4-5-10)9-3-2-6-11-7-9/h8-10H,2-7H2,1H3. The SMILES string of the molecule is CC(CCO)C1CCCSC1. The number of aliphatic hydroxyl groups excluding tert-OH is 1. The Kier molecular flexibility index (Phi) is 4.31. The van der Waals surface area contributed by atoms with Crippen LogP contribution in [0.3, 0.4) is 0 Å². The van der Waals surface area contributed by atoms with Gasteiger partial charge in [0.2, 0.25) is 0 Å². The van der Waals surface area contributed by atoms with Gasteiger partial charge in [-0.05, 0) is 42.6 Å². The van der Waals surface area contributed by atoms with Gasteiger partial charge in [-0.3, -0.25) is 0 Å². The van der Waals surface area contributed by atoms with Crippen LogP contribution in [0.25, 0.3) is 0 Å². The van der Waals surface area contributed by atoms with Gasteiger partial charge >= 0.3 is 0 Å². The molecule has 0 bridgehead atoms. The third-order valence-corrected chi connectivity index (χ3v) is 3.83. The van der Waals surface area contributed by atoms with Crippen LogP contribution in [0, 0.1) is 11.8 Å². The van der Waals surface area contributed by atoms with Crippen molar-refractivity contribution < 1.29 is 5.11 Å². The first-order chi connectivity index (χ1) is 5.34. The second kappa shape index (κ2) is 5.04. The van der Waals surface area contributed by atoms with E-state index in [0.29, 0.717) is 6.61 Å². The van der Waals surface area contributed by atoms with Crippen LogP contribution in [-0.2, 0) is 0 Å². The van der Waals surface area contributed by atoms with E-state index in [2.05, 4.69) is 18.7 Å². The topological polar surface area (TPSA) is 20.2 Å². The fourth-order valence-electron chi connectivity index (χ4n) is 1.65. The Labute approximate surface area is 73.6 Å². The van der Waals surface area contributed by atoms with Crippen LogP contribution in [0.15, 0.2) is 0 Å².